The van der Waals surface area contributed by atoms with Gasteiger partial charge in [-0.05, 0) is 42.5 Å². The van der Waals surface area contributed by atoms with Crippen LogP contribution in [0.3, 0.4) is 0 Å². The standard InChI is InChI=1S/C20H14N2O2S/c23-17-9-5-4-8-15(17)20-22-16-11-10-13(12-18(16)25-20)19(24)21-14-6-2-1-3-7-14/h1-12,23H,(H,21,24). The first-order chi connectivity index (χ1) is 12.2. The van der Waals surface area contributed by atoms with E-state index in [2.05, 4.69) is 10.3 Å². The zero-order valence-electron chi connectivity index (χ0n) is 13.1. The molecule has 1 amide bonds. The van der Waals surface area contributed by atoms with E-state index in [1.807, 2.05) is 54.6 Å². The van der Waals surface area contributed by atoms with E-state index >= 15 is 0 Å². The largest absolute Gasteiger partial charge is 0.507 e. The first kappa shape index (κ1) is 15.4. The number of hydrogen-bond acceptors (Lipinski definition) is 4. The van der Waals surface area contributed by atoms with E-state index in [0.717, 1.165) is 20.9 Å². The second-order valence-corrected chi connectivity index (χ2v) is 6.57. The number of para-hydroxylation sites is 2. The zero-order chi connectivity index (χ0) is 17.2. The van der Waals surface area contributed by atoms with Gasteiger partial charge in [0.05, 0.1) is 15.8 Å². The van der Waals surface area contributed by atoms with Crippen molar-refractivity contribution in [1.82, 2.24) is 4.98 Å². The molecule has 0 radical (unpaired) electrons. The SMILES string of the molecule is O=C(Nc1ccccc1)c1ccc2nc(-c3ccccc3O)sc2c1. The van der Waals surface area contributed by atoms with E-state index < -0.39 is 0 Å². The summed E-state index contributed by atoms with van der Waals surface area (Å²) < 4.78 is 0.902. The predicted octanol–water partition coefficient (Wildman–Crippen LogP) is 4.92. The highest BCUT2D eigenvalue weighted by Gasteiger charge is 2.12. The minimum Gasteiger partial charge on any atom is -0.507 e. The number of phenolic OH excluding ortho intramolecular Hbond substituents is 1. The summed E-state index contributed by atoms with van der Waals surface area (Å²) in [6, 6.07) is 21.9. The lowest BCUT2D eigenvalue weighted by atomic mass is 10.2. The molecule has 0 atom stereocenters. The molecule has 25 heavy (non-hydrogen) atoms. The molecule has 122 valence electrons. The smallest absolute Gasteiger partial charge is 0.255 e. The quantitative estimate of drug-likeness (QED) is 0.553. The fourth-order valence-corrected chi connectivity index (χ4v) is 3.60. The number of hydrogen-bond donors (Lipinski definition) is 2. The Morgan fingerprint density at radius 1 is 0.960 bits per heavy atom. The predicted molar refractivity (Wildman–Crippen MR) is 101 cm³/mol. The molecule has 0 saturated heterocycles. The molecule has 3 aromatic carbocycles. The highest BCUT2D eigenvalue weighted by Crippen LogP contribution is 2.35. The Labute approximate surface area is 148 Å². The number of thiazole rings is 1. The van der Waals surface area contributed by atoms with Crippen molar-refractivity contribution in [3.05, 3.63) is 78.4 Å². The van der Waals surface area contributed by atoms with Crippen LogP contribution in [0.15, 0.2) is 72.8 Å². The van der Waals surface area contributed by atoms with E-state index in [4.69, 9.17) is 0 Å². The van der Waals surface area contributed by atoms with Crippen LogP contribution in [0.1, 0.15) is 10.4 Å². The molecular formula is C20H14N2O2S. The molecule has 2 N–H and O–H groups in total. The minimum atomic E-state index is -0.161. The summed E-state index contributed by atoms with van der Waals surface area (Å²) in [6.45, 7) is 0. The van der Waals surface area contributed by atoms with Crippen molar-refractivity contribution < 1.29 is 9.90 Å². The summed E-state index contributed by atoms with van der Waals surface area (Å²) in [5, 5.41) is 13.6. The van der Waals surface area contributed by atoms with Gasteiger partial charge in [0, 0.05) is 11.3 Å². The van der Waals surface area contributed by atoms with E-state index in [-0.39, 0.29) is 11.7 Å². The van der Waals surface area contributed by atoms with E-state index in [1.54, 1.807) is 18.2 Å². The maximum Gasteiger partial charge on any atom is 0.255 e. The van der Waals surface area contributed by atoms with Gasteiger partial charge in [0.1, 0.15) is 10.8 Å². The van der Waals surface area contributed by atoms with Crippen LogP contribution in [0.5, 0.6) is 5.75 Å². The molecule has 0 fully saturated rings. The third-order valence-electron chi connectivity index (χ3n) is 3.82. The number of anilines is 1. The van der Waals surface area contributed by atoms with Gasteiger partial charge in [0.25, 0.3) is 5.91 Å². The lowest BCUT2D eigenvalue weighted by molar-refractivity contribution is 0.102. The van der Waals surface area contributed by atoms with Gasteiger partial charge in [-0.3, -0.25) is 4.79 Å². The summed E-state index contributed by atoms with van der Waals surface area (Å²) >= 11 is 1.45. The maximum atomic E-state index is 12.4. The van der Waals surface area contributed by atoms with Crippen molar-refractivity contribution in [2.45, 2.75) is 0 Å². The van der Waals surface area contributed by atoms with Crippen molar-refractivity contribution in [2.75, 3.05) is 5.32 Å². The van der Waals surface area contributed by atoms with Crippen molar-refractivity contribution >= 4 is 33.1 Å². The molecular weight excluding hydrogens is 332 g/mol. The maximum absolute atomic E-state index is 12.4. The molecule has 0 unspecified atom stereocenters. The Morgan fingerprint density at radius 3 is 2.52 bits per heavy atom. The van der Waals surface area contributed by atoms with Gasteiger partial charge in [-0.2, -0.15) is 0 Å². The Balaban J connectivity index is 1.66. The molecule has 1 aromatic heterocycles. The molecule has 0 spiro atoms. The number of phenols is 1. The zero-order valence-corrected chi connectivity index (χ0v) is 14.0. The first-order valence-electron chi connectivity index (χ1n) is 7.76. The average Bonchev–Trinajstić information content (AvgIpc) is 3.06. The Hall–Kier alpha value is -3.18. The molecule has 4 aromatic rings. The number of rotatable bonds is 3. The second kappa shape index (κ2) is 6.37. The molecule has 0 aliphatic carbocycles. The Morgan fingerprint density at radius 2 is 1.72 bits per heavy atom. The summed E-state index contributed by atoms with van der Waals surface area (Å²) in [6.07, 6.45) is 0. The summed E-state index contributed by atoms with van der Waals surface area (Å²) in [5.41, 5.74) is 2.83. The monoisotopic (exact) mass is 346 g/mol. The number of amides is 1. The third kappa shape index (κ3) is 3.09. The second-order valence-electron chi connectivity index (χ2n) is 5.54. The van der Waals surface area contributed by atoms with E-state index in [9.17, 15) is 9.90 Å². The lowest BCUT2D eigenvalue weighted by Crippen LogP contribution is -2.11. The molecule has 0 bridgehead atoms. The number of carbonyl (C=O) groups excluding carboxylic acids is 1. The third-order valence-corrected chi connectivity index (χ3v) is 4.87. The fraction of sp³-hybridized carbons (Fsp3) is 0. The van der Waals surface area contributed by atoms with Gasteiger partial charge in [-0.25, -0.2) is 4.98 Å². The van der Waals surface area contributed by atoms with Crippen molar-refractivity contribution in [1.29, 1.82) is 0 Å². The van der Waals surface area contributed by atoms with E-state index in [0.29, 0.717) is 11.1 Å². The highest BCUT2D eigenvalue weighted by atomic mass is 32.1. The number of fused-ring (bicyclic) bond motifs is 1. The van der Waals surface area contributed by atoms with Crippen molar-refractivity contribution in [3.63, 3.8) is 0 Å². The summed E-state index contributed by atoms with van der Waals surface area (Å²) in [7, 11) is 0. The topological polar surface area (TPSA) is 62.2 Å². The number of aromatic hydroxyl groups is 1. The van der Waals surface area contributed by atoms with E-state index in [1.165, 1.54) is 11.3 Å². The van der Waals surface area contributed by atoms with Crippen LogP contribution in [0.25, 0.3) is 20.8 Å². The van der Waals surface area contributed by atoms with Crippen molar-refractivity contribution in [2.24, 2.45) is 0 Å². The molecule has 0 aliphatic rings. The van der Waals surface area contributed by atoms with Crippen LogP contribution in [0.2, 0.25) is 0 Å². The number of aromatic nitrogens is 1. The lowest BCUT2D eigenvalue weighted by Gasteiger charge is -2.04. The molecule has 0 saturated carbocycles. The normalized spacial score (nSPS) is 10.7. The van der Waals surface area contributed by atoms with Gasteiger partial charge in [-0.1, -0.05) is 30.3 Å². The summed E-state index contributed by atoms with van der Waals surface area (Å²) in [4.78, 5) is 17.0. The summed E-state index contributed by atoms with van der Waals surface area (Å²) in [5.74, 6) is 0.0363. The van der Waals surface area contributed by atoms with Gasteiger partial charge in [0.15, 0.2) is 0 Å². The van der Waals surface area contributed by atoms with Crippen LogP contribution in [0, 0.1) is 0 Å². The van der Waals surface area contributed by atoms with Crippen LogP contribution in [0.4, 0.5) is 5.69 Å². The molecule has 5 heteroatoms. The van der Waals surface area contributed by atoms with Gasteiger partial charge in [0.2, 0.25) is 0 Å². The first-order valence-corrected chi connectivity index (χ1v) is 8.58. The fourth-order valence-electron chi connectivity index (χ4n) is 2.56. The number of benzene rings is 3. The van der Waals surface area contributed by atoms with Gasteiger partial charge < -0.3 is 10.4 Å². The Kier molecular flexibility index (Phi) is 3.91. The molecule has 1 heterocycles. The van der Waals surface area contributed by atoms with Crippen LogP contribution < -0.4 is 5.32 Å². The molecule has 4 rings (SSSR count). The number of nitrogens with one attached hydrogen (secondary N) is 1. The van der Waals surface area contributed by atoms with Crippen molar-refractivity contribution in [3.8, 4) is 16.3 Å². The van der Waals surface area contributed by atoms with Crippen LogP contribution in [-0.2, 0) is 0 Å². The van der Waals surface area contributed by atoms with Gasteiger partial charge >= 0.3 is 0 Å². The molecule has 0 aliphatic heterocycles. The Bertz CT molecular complexity index is 1060. The molecule has 4 nitrogen and oxygen atoms in total. The number of nitrogens with zero attached hydrogens (tertiary/aromatic N) is 1. The van der Waals surface area contributed by atoms with Crippen LogP contribution in [-0.4, -0.2) is 16.0 Å². The van der Waals surface area contributed by atoms with Gasteiger partial charge in [-0.15, -0.1) is 11.3 Å². The number of carbonyl (C=O) groups is 1. The van der Waals surface area contributed by atoms with Crippen LogP contribution >= 0.6 is 11.3 Å². The average molecular weight is 346 g/mol. The minimum absolute atomic E-state index is 0.161. The highest BCUT2D eigenvalue weighted by molar-refractivity contribution is 7.21.